The Morgan fingerprint density at radius 2 is 2.00 bits per heavy atom. The molecule has 0 aromatic carbocycles. The monoisotopic (exact) mass is 209 g/mol. The van der Waals surface area contributed by atoms with Crippen molar-refractivity contribution in [2.24, 2.45) is 23.2 Å². The molecular weight excluding hydrogens is 190 g/mol. The molecule has 0 radical (unpaired) electrons. The molecule has 15 heavy (non-hydrogen) atoms. The number of nitrogens with one attached hydrogen (secondary N) is 1. The summed E-state index contributed by atoms with van der Waals surface area (Å²) in [5, 5.41) is 12.6. The lowest BCUT2D eigenvalue weighted by molar-refractivity contribution is -0.149. The maximum Gasteiger partial charge on any atom is 0.308 e. The summed E-state index contributed by atoms with van der Waals surface area (Å²) >= 11 is 0. The van der Waals surface area contributed by atoms with Crippen molar-refractivity contribution in [2.75, 3.05) is 13.1 Å². The van der Waals surface area contributed by atoms with E-state index in [0.29, 0.717) is 12.5 Å². The third-order valence-electron chi connectivity index (χ3n) is 5.12. The average molecular weight is 209 g/mol. The molecule has 4 rings (SSSR count). The summed E-state index contributed by atoms with van der Waals surface area (Å²) in [6.07, 6.45) is 6.41. The normalized spacial score (nSPS) is 48.7. The van der Waals surface area contributed by atoms with Gasteiger partial charge in [0.15, 0.2) is 0 Å². The molecule has 0 aromatic rings. The molecule has 2 N–H and O–H groups in total. The van der Waals surface area contributed by atoms with Gasteiger partial charge in [0.2, 0.25) is 0 Å². The number of rotatable bonds is 1. The first-order valence-electron chi connectivity index (χ1n) is 6.16. The summed E-state index contributed by atoms with van der Waals surface area (Å²) in [5.74, 6) is 0.800. The van der Waals surface area contributed by atoms with E-state index in [1.165, 1.54) is 32.1 Å². The summed E-state index contributed by atoms with van der Waals surface area (Å²) in [4.78, 5) is 11.3. The number of hydrogen-bond acceptors (Lipinski definition) is 2. The predicted molar refractivity (Wildman–Crippen MR) is 56.5 cm³/mol. The van der Waals surface area contributed by atoms with Crippen LogP contribution in [0.5, 0.6) is 0 Å². The van der Waals surface area contributed by atoms with Crippen LogP contribution in [0.25, 0.3) is 0 Å². The molecule has 2 unspecified atom stereocenters. The Morgan fingerprint density at radius 3 is 2.53 bits per heavy atom. The zero-order chi connectivity index (χ0) is 10.5. The van der Waals surface area contributed by atoms with Crippen LogP contribution in [0.4, 0.5) is 0 Å². The Labute approximate surface area is 90.2 Å². The molecule has 84 valence electrons. The minimum atomic E-state index is -0.576. The van der Waals surface area contributed by atoms with E-state index in [4.69, 9.17) is 0 Å². The zero-order valence-corrected chi connectivity index (χ0v) is 9.04. The van der Waals surface area contributed by atoms with E-state index >= 15 is 0 Å². The maximum absolute atomic E-state index is 11.3. The number of carboxylic acids is 1. The molecule has 3 aliphatic carbocycles. The van der Waals surface area contributed by atoms with Gasteiger partial charge in [0.05, 0.1) is 5.92 Å². The van der Waals surface area contributed by atoms with Gasteiger partial charge in [-0.1, -0.05) is 12.8 Å². The molecular formula is C12H19NO2. The van der Waals surface area contributed by atoms with Gasteiger partial charge in [-0.05, 0) is 31.1 Å². The van der Waals surface area contributed by atoms with Gasteiger partial charge in [-0.15, -0.1) is 0 Å². The quantitative estimate of drug-likeness (QED) is 0.688. The molecule has 1 saturated heterocycles. The lowest BCUT2D eigenvalue weighted by Crippen LogP contribution is -2.48. The van der Waals surface area contributed by atoms with Crippen molar-refractivity contribution in [3.05, 3.63) is 0 Å². The van der Waals surface area contributed by atoms with Crippen molar-refractivity contribution in [1.29, 1.82) is 0 Å². The lowest BCUT2D eigenvalue weighted by Gasteiger charge is -2.51. The fraction of sp³-hybridized carbons (Fsp3) is 0.917. The smallest absolute Gasteiger partial charge is 0.308 e. The van der Waals surface area contributed by atoms with Gasteiger partial charge in [0, 0.05) is 18.5 Å². The van der Waals surface area contributed by atoms with Gasteiger partial charge in [-0.3, -0.25) is 4.79 Å². The van der Waals surface area contributed by atoms with Gasteiger partial charge >= 0.3 is 5.97 Å². The number of carboxylic acid groups (broad SMARTS) is 1. The lowest BCUT2D eigenvalue weighted by atomic mass is 9.52. The van der Waals surface area contributed by atoms with Crippen molar-refractivity contribution < 1.29 is 9.90 Å². The largest absolute Gasteiger partial charge is 0.481 e. The Bertz CT molecular complexity index is 283. The van der Waals surface area contributed by atoms with Crippen LogP contribution < -0.4 is 5.32 Å². The van der Waals surface area contributed by atoms with Gasteiger partial charge in [0.1, 0.15) is 0 Å². The third-order valence-corrected chi connectivity index (χ3v) is 5.12. The number of carbonyl (C=O) groups is 1. The Morgan fingerprint density at radius 1 is 1.27 bits per heavy atom. The molecule has 0 amide bonds. The van der Waals surface area contributed by atoms with Gasteiger partial charge in [-0.25, -0.2) is 0 Å². The summed E-state index contributed by atoms with van der Waals surface area (Å²) in [6, 6.07) is 0. The second-order valence-electron chi connectivity index (χ2n) is 5.68. The molecule has 1 heterocycles. The highest BCUT2D eigenvalue weighted by Crippen LogP contribution is 2.57. The summed E-state index contributed by atoms with van der Waals surface area (Å²) < 4.78 is 0. The molecule has 1 spiro atoms. The van der Waals surface area contributed by atoms with Gasteiger partial charge < -0.3 is 10.4 Å². The first-order chi connectivity index (χ1) is 7.22. The molecule has 3 nitrogen and oxygen atoms in total. The van der Waals surface area contributed by atoms with E-state index in [2.05, 4.69) is 5.32 Å². The first-order valence-corrected chi connectivity index (χ1v) is 6.16. The van der Waals surface area contributed by atoms with E-state index in [-0.39, 0.29) is 11.3 Å². The van der Waals surface area contributed by atoms with Crippen LogP contribution >= 0.6 is 0 Å². The number of fused-ring (bicyclic) bond motifs is 2. The topological polar surface area (TPSA) is 49.3 Å². The second-order valence-corrected chi connectivity index (χ2v) is 5.68. The van der Waals surface area contributed by atoms with Crippen molar-refractivity contribution >= 4 is 5.97 Å². The van der Waals surface area contributed by atoms with Crippen molar-refractivity contribution in [1.82, 2.24) is 5.32 Å². The number of aliphatic carboxylic acids is 1. The molecule has 4 fully saturated rings. The Hall–Kier alpha value is -0.570. The van der Waals surface area contributed by atoms with Crippen LogP contribution in [-0.4, -0.2) is 24.2 Å². The molecule has 2 bridgehead atoms. The van der Waals surface area contributed by atoms with E-state index in [0.717, 1.165) is 12.5 Å². The van der Waals surface area contributed by atoms with E-state index in [1.807, 2.05) is 0 Å². The highest BCUT2D eigenvalue weighted by atomic mass is 16.4. The fourth-order valence-electron chi connectivity index (χ4n) is 4.40. The van der Waals surface area contributed by atoms with Crippen LogP contribution in [0, 0.1) is 23.2 Å². The van der Waals surface area contributed by atoms with Crippen LogP contribution in [-0.2, 0) is 4.79 Å². The molecule has 3 saturated carbocycles. The summed E-state index contributed by atoms with van der Waals surface area (Å²) in [7, 11) is 0. The predicted octanol–water partition coefficient (Wildman–Crippen LogP) is 1.49. The minimum absolute atomic E-state index is 0.118. The minimum Gasteiger partial charge on any atom is -0.481 e. The zero-order valence-electron chi connectivity index (χ0n) is 9.04. The SMILES string of the molecule is O=C(O)C1CNCC12CC1CCC2CC1. The average Bonchev–Trinajstić information content (AvgIpc) is 2.63. The van der Waals surface area contributed by atoms with Crippen molar-refractivity contribution in [3.8, 4) is 0 Å². The van der Waals surface area contributed by atoms with Crippen molar-refractivity contribution in [3.63, 3.8) is 0 Å². The molecule has 3 heteroatoms. The van der Waals surface area contributed by atoms with Crippen molar-refractivity contribution in [2.45, 2.75) is 32.1 Å². The molecule has 0 aromatic heterocycles. The maximum atomic E-state index is 11.3. The van der Waals surface area contributed by atoms with E-state index in [1.54, 1.807) is 0 Å². The standard InChI is InChI=1S/C12H19NO2/c14-11(15)10-6-13-7-12(10)5-8-1-3-9(12)4-2-8/h8-10,13H,1-7H2,(H,14,15). The fourth-order valence-corrected chi connectivity index (χ4v) is 4.40. The highest BCUT2D eigenvalue weighted by Gasteiger charge is 2.56. The molecule has 1 aliphatic heterocycles. The molecule has 4 aliphatic rings. The third kappa shape index (κ3) is 1.25. The van der Waals surface area contributed by atoms with Gasteiger partial charge in [-0.2, -0.15) is 0 Å². The van der Waals surface area contributed by atoms with Crippen LogP contribution in [0.1, 0.15) is 32.1 Å². The number of hydrogen-bond donors (Lipinski definition) is 2. The first kappa shape index (κ1) is 9.64. The summed E-state index contributed by atoms with van der Waals surface area (Å²) in [5.41, 5.74) is 0.118. The van der Waals surface area contributed by atoms with Crippen LogP contribution in [0.2, 0.25) is 0 Å². The van der Waals surface area contributed by atoms with Crippen LogP contribution in [0.3, 0.4) is 0 Å². The van der Waals surface area contributed by atoms with Gasteiger partial charge in [0.25, 0.3) is 0 Å². The second kappa shape index (κ2) is 3.21. The van der Waals surface area contributed by atoms with E-state index in [9.17, 15) is 9.90 Å². The van der Waals surface area contributed by atoms with E-state index < -0.39 is 5.97 Å². The molecule has 2 atom stereocenters. The highest BCUT2D eigenvalue weighted by molar-refractivity contribution is 5.72. The summed E-state index contributed by atoms with van der Waals surface area (Å²) in [6.45, 7) is 1.64. The Kier molecular flexibility index (Phi) is 2.06. The Balaban J connectivity index is 1.92. The van der Waals surface area contributed by atoms with Crippen LogP contribution in [0.15, 0.2) is 0 Å².